The first kappa shape index (κ1) is 15.1. The Morgan fingerprint density at radius 1 is 1.24 bits per heavy atom. The van der Waals surface area contributed by atoms with Gasteiger partial charge in [-0.25, -0.2) is 9.78 Å². The summed E-state index contributed by atoms with van der Waals surface area (Å²) in [5, 5.41) is 11.3. The van der Waals surface area contributed by atoms with Crippen LogP contribution in [0.4, 0.5) is 24.5 Å². The Balaban J connectivity index is 2.28. The second-order valence-electron chi connectivity index (χ2n) is 4.07. The Kier molecular flexibility index (Phi) is 4.04. The summed E-state index contributed by atoms with van der Waals surface area (Å²) in [5.74, 6) is -1.10. The van der Waals surface area contributed by atoms with Gasteiger partial charge in [-0.3, -0.25) is 0 Å². The molecule has 0 spiro atoms. The predicted molar refractivity (Wildman–Crippen MR) is 70.9 cm³/mol. The van der Waals surface area contributed by atoms with Crippen LogP contribution in [0.15, 0.2) is 36.5 Å². The molecule has 2 N–H and O–H groups in total. The summed E-state index contributed by atoms with van der Waals surface area (Å²) in [6, 6.07) is 6.31. The number of nitrogens with one attached hydrogen (secondary N) is 1. The maximum atomic E-state index is 12.6. The van der Waals surface area contributed by atoms with Gasteiger partial charge in [0.1, 0.15) is 0 Å². The van der Waals surface area contributed by atoms with Crippen molar-refractivity contribution in [2.75, 3.05) is 5.32 Å². The van der Waals surface area contributed by atoms with E-state index in [4.69, 9.17) is 16.7 Å². The van der Waals surface area contributed by atoms with Gasteiger partial charge in [0, 0.05) is 11.9 Å². The zero-order valence-electron chi connectivity index (χ0n) is 10.3. The van der Waals surface area contributed by atoms with E-state index < -0.39 is 17.7 Å². The summed E-state index contributed by atoms with van der Waals surface area (Å²) in [6.45, 7) is 0. The molecule has 4 nitrogen and oxygen atoms in total. The number of carboxylic acid groups (broad SMARTS) is 1. The van der Waals surface area contributed by atoms with Crippen LogP contribution in [0.5, 0.6) is 0 Å². The molecule has 0 aliphatic heterocycles. The van der Waals surface area contributed by atoms with E-state index >= 15 is 0 Å². The van der Waals surface area contributed by atoms with E-state index in [1.807, 2.05) is 0 Å². The number of halogens is 4. The summed E-state index contributed by atoms with van der Waals surface area (Å²) in [4.78, 5) is 14.2. The van der Waals surface area contributed by atoms with Crippen LogP contribution in [0.25, 0.3) is 0 Å². The molecule has 0 saturated heterocycles. The molecule has 0 aliphatic carbocycles. The fourth-order valence-electron chi connectivity index (χ4n) is 1.54. The van der Waals surface area contributed by atoms with Crippen molar-refractivity contribution >= 4 is 28.9 Å². The Morgan fingerprint density at radius 2 is 1.86 bits per heavy atom. The quantitative estimate of drug-likeness (QED) is 0.833. The van der Waals surface area contributed by atoms with Gasteiger partial charge in [-0.15, -0.1) is 0 Å². The van der Waals surface area contributed by atoms with Crippen molar-refractivity contribution in [1.29, 1.82) is 0 Å². The monoisotopic (exact) mass is 316 g/mol. The van der Waals surface area contributed by atoms with E-state index in [0.29, 0.717) is 11.9 Å². The highest BCUT2D eigenvalue weighted by atomic mass is 35.5. The number of benzene rings is 1. The average Bonchev–Trinajstić information content (AvgIpc) is 2.40. The van der Waals surface area contributed by atoms with Crippen LogP contribution in [0.2, 0.25) is 5.15 Å². The fraction of sp³-hybridized carbons (Fsp3) is 0.0769. The highest BCUT2D eigenvalue weighted by molar-refractivity contribution is 6.32. The van der Waals surface area contributed by atoms with Crippen LogP contribution in [0.1, 0.15) is 15.9 Å². The average molecular weight is 317 g/mol. The Bertz CT molecular complexity index is 672. The van der Waals surface area contributed by atoms with E-state index in [2.05, 4.69) is 10.3 Å². The summed E-state index contributed by atoms with van der Waals surface area (Å²) in [5.41, 5.74) is -0.497. The van der Waals surface area contributed by atoms with E-state index in [1.165, 1.54) is 24.3 Å². The lowest BCUT2D eigenvalue weighted by Gasteiger charge is -2.11. The minimum absolute atomic E-state index is 0.0189. The number of nitrogens with zero attached hydrogens (tertiary/aromatic N) is 1. The van der Waals surface area contributed by atoms with Crippen LogP contribution in [0, 0.1) is 0 Å². The smallest absolute Gasteiger partial charge is 0.417 e. The van der Waals surface area contributed by atoms with Crippen LogP contribution >= 0.6 is 11.6 Å². The van der Waals surface area contributed by atoms with Gasteiger partial charge in [0.25, 0.3) is 0 Å². The molecule has 8 heteroatoms. The molecular formula is C13H8ClF3N2O2. The minimum atomic E-state index is -4.53. The summed E-state index contributed by atoms with van der Waals surface area (Å²) in [6.07, 6.45) is -3.89. The zero-order chi connectivity index (χ0) is 15.6. The van der Waals surface area contributed by atoms with E-state index in [9.17, 15) is 18.0 Å². The number of carbonyl (C=O) groups is 1. The van der Waals surface area contributed by atoms with Crippen molar-refractivity contribution in [3.05, 3.63) is 52.8 Å². The maximum Gasteiger partial charge on any atom is 0.417 e. The molecule has 0 amide bonds. The number of carboxylic acids is 1. The van der Waals surface area contributed by atoms with Gasteiger partial charge in [0.05, 0.1) is 16.8 Å². The third-order valence-electron chi connectivity index (χ3n) is 2.58. The molecule has 0 saturated carbocycles. The van der Waals surface area contributed by atoms with Crippen molar-refractivity contribution in [1.82, 2.24) is 4.98 Å². The lowest BCUT2D eigenvalue weighted by atomic mass is 10.2. The number of aromatic carboxylic acids is 1. The summed E-state index contributed by atoms with van der Waals surface area (Å²) >= 11 is 5.74. The number of aromatic nitrogens is 1. The molecule has 1 aromatic heterocycles. The van der Waals surface area contributed by atoms with Crippen LogP contribution in [0.3, 0.4) is 0 Å². The zero-order valence-corrected chi connectivity index (χ0v) is 11.0. The molecule has 0 radical (unpaired) electrons. The van der Waals surface area contributed by atoms with Gasteiger partial charge in [-0.05, 0) is 30.3 Å². The van der Waals surface area contributed by atoms with E-state index in [1.54, 1.807) is 0 Å². The first-order chi connectivity index (χ1) is 9.77. The third kappa shape index (κ3) is 3.63. The second-order valence-corrected chi connectivity index (χ2v) is 4.43. The molecule has 0 fully saturated rings. The molecule has 2 rings (SSSR count). The Morgan fingerprint density at radius 3 is 2.38 bits per heavy atom. The molecule has 0 bridgehead atoms. The summed E-state index contributed by atoms with van der Waals surface area (Å²) < 4.78 is 37.8. The number of alkyl halides is 3. The highest BCUT2D eigenvalue weighted by Gasteiger charge is 2.31. The summed E-state index contributed by atoms with van der Waals surface area (Å²) in [7, 11) is 0. The molecule has 0 unspecified atom stereocenters. The largest absolute Gasteiger partial charge is 0.478 e. The minimum Gasteiger partial charge on any atom is -0.478 e. The van der Waals surface area contributed by atoms with Gasteiger partial charge in [-0.1, -0.05) is 11.6 Å². The van der Waals surface area contributed by atoms with Crippen LogP contribution in [-0.4, -0.2) is 16.1 Å². The van der Waals surface area contributed by atoms with Gasteiger partial charge in [0.2, 0.25) is 0 Å². The molecular weight excluding hydrogens is 309 g/mol. The van der Waals surface area contributed by atoms with Crippen molar-refractivity contribution in [2.24, 2.45) is 0 Å². The molecule has 21 heavy (non-hydrogen) atoms. The van der Waals surface area contributed by atoms with Crippen molar-refractivity contribution in [2.45, 2.75) is 6.18 Å². The molecule has 1 heterocycles. The normalized spacial score (nSPS) is 11.2. The standard InChI is InChI=1S/C13H8ClF3N2O2/c14-11-10(5-8(6-18-11)13(15,16)17)19-9-3-1-7(2-4-9)12(20)21/h1-6,19H,(H,20,21). The number of hydrogen-bond donors (Lipinski definition) is 2. The maximum absolute atomic E-state index is 12.6. The number of hydrogen-bond acceptors (Lipinski definition) is 3. The number of rotatable bonds is 3. The Labute approximate surface area is 122 Å². The van der Waals surface area contributed by atoms with Crippen molar-refractivity contribution in [3.63, 3.8) is 0 Å². The topological polar surface area (TPSA) is 62.2 Å². The highest BCUT2D eigenvalue weighted by Crippen LogP contribution is 2.33. The van der Waals surface area contributed by atoms with Gasteiger partial charge >= 0.3 is 12.1 Å². The van der Waals surface area contributed by atoms with E-state index in [0.717, 1.165) is 6.07 Å². The first-order valence-corrected chi connectivity index (χ1v) is 5.98. The van der Waals surface area contributed by atoms with Gasteiger partial charge < -0.3 is 10.4 Å². The number of anilines is 2. The lowest BCUT2D eigenvalue weighted by Crippen LogP contribution is -2.06. The molecule has 1 aromatic carbocycles. The first-order valence-electron chi connectivity index (χ1n) is 5.60. The van der Waals surface area contributed by atoms with Gasteiger partial charge in [0.15, 0.2) is 5.15 Å². The molecule has 2 aromatic rings. The Hall–Kier alpha value is -2.28. The van der Waals surface area contributed by atoms with Crippen LogP contribution < -0.4 is 5.32 Å². The SMILES string of the molecule is O=C(O)c1ccc(Nc2cc(C(F)(F)F)cnc2Cl)cc1. The van der Waals surface area contributed by atoms with E-state index in [-0.39, 0.29) is 16.4 Å². The van der Waals surface area contributed by atoms with Gasteiger partial charge in [-0.2, -0.15) is 13.2 Å². The molecule has 110 valence electrons. The third-order valence-corrected chi connectivity index (χ3v) is 2.88. The van der Waals surface area contributed by atoms with Crippen molar-refractivity contribution in [3.8, 4) is 0 Å². The number of pyridine rings is 1. The fourth-order valence-corrected chi connectivity index (χ4v) is 1.69. The molecule has 0 aliphatic rings. The van der Waals surface area contributed by atoms with Crippen LogP contribution in [-0.2, 0) is 6.18 Å². The van der Waals surface area contributed by atoms with Crippen molar-refractivity contribution < 1.29 is 23.1 Å². The predicted octanol–water partition coefficient (Wildman–Crippen LogP) is 4.20. The second kappa shape index (κ2) is 5.61. The lowest BCUT2D eigenvalue weighted by molar-refractivity contribution is -0.137. The molecule has 0 atom stereocenters.